The summed E-state index contributed by atoms with van der Waals surface area (Å²) in [4.78, 5) is 15.1. The van der Waals surface area contributed by atoms with Gasteiger partial charge in [-0.3, -0.25) is 0 Å². The minimum Gasteiger partial charge on any atom is -0.545 e. The molecule has 0 bridgehead atoms. The predicted molar refractivity (Wildman–Crippen MR) is 73.2 cm³/mol. The average Bonchev–Trinajstić information content (AvgIpc) is 2.91. The Hall–Kier alpha value is -2.53. The first kappa shape index (κ1) is 15.8. The molecule has 3 rings (SSSR count). The van der Waals surface area contributed by atoms with E-state index >= 15 is 0 Å². The second-order valence-electron chi connectivity index (χ2n) is 4.64. The van der Waals surface area contributed by atoms with E-state index in [4.69, 9.17) is 9.68 Å². The second-order valence-corrected chi connectivity index (χ2v) is 4.64. The largest absolute Gasteiger partial charge is 1.00 e. The minimum absolute atomic E-state index is 0. The summed E-state index contributed by atoms with van der Waals surface area (Å²) in [5, 5.41) is 19.7. The van der Waals surface area contributed by atoms with E-state index in [9.17, 15) is 9.90 Å². The van der Waals surface area contributed by atoms with Crippen molar-refractivity contribution >= 4 is 17.1 Å². The molecule has 0 unspecified atom stereocenters. The van der Waals surface area contributed by atoms with Crippen molar-refractivity contribution in [2.75, 3.05) is 0 Å². The quantitative estimate of drug-likeness (QED) is 0.565. The number of carbonyl (C=O) groups is 1. The van der Waals surface area contributed by atoms with Crippen LogP contribution >= 0.6 is 0 Å². The zero-order valence-corrected chi connectivity index (χ0v) is 12.1. The number of benzene rings is 2. The molecule has 102 valence electrons. The van der Waals surface area contributed by atoms with E-state index in [0.29, 0.717) is 28.1 Å². The smallest absolute Gasteiger partial charge is 0.545 e. The maximum Gasteiger partial charge on any atom is 1.00 e. The Balaban J connectivity index is 0.00000176. The number of aromatic nitrogens is 1. The van der Waals surface area contributed by atoms with E-state index in [0.717, 1.165) is 5.56 Å². The molecule has 22 heavy (non-hydrogen) atoms. The van der Waals surface area contributed by atoms with Gasteiger partial charge in [0.05, 0.1) is 17.6 Å². The maximum atomic E-state index is 10.7. The number of hydrogen-bond donors (Lipinski definition) is 0. The van der Waals surface area contributed by atoms with Gasteiger partial charge in [0.1, 0.15) is 5.52 Å². The SMILES string of the molecule is Cc1cc(C#N)cc2nc(-c3ccc(C(=O)[O-])cc3)oc12.[Li+]. The number of aryl methyl sites for hydroxylation is 1. The molecule has 0 aliphatic rings. The Morgan fingerprint density at radius 2 is 1.95 bits per heavy atom. The summed E-state index contributed by atoms with van der Waals surface area (Å²) in [7, 11) is 0. The van der Waals surface area contributed by atoms with Gasteiger partial charge in [-0.05, 0) is 42.3 Å². The Bertz CT molecular complexity index is 892. The number of aromatic carboxylic acids is 1. The number of carboxylic acids is 1. The summed E-state index contributed by atoms with van der Waals surface area (Å²) >= 11 is 0. The van der Waals surface area contributed by atoms with Gasteiger partial charge in [0.25, 0.3) is 0 Å². The summed E-state index contributed by atoms with van der Waals surface area (Å²) < 4.78 is 5.70. The van der Waals surface area contributed by atoms with Gasteiger partial charge >= 0.3 is 18.9 Å². The first-order valence-electron chi connectivity index (χ1n) is 6.21. The van der Waals surface area contributed by atoms with Crippen LogP contribution in [0.1, 0.15) is 21.5 Å². The third-order valence-corrected chi connectivity index (χ3v) is 3.17. The Morgan fingerprint density at radius 1 is 1.27 bits per heavy atom. The van der Waals surface area contributed by atoms with Crippen LogP contribution in [0.2, 0.25) is 0 Å². The first-order chi connectivity index (χ1) is 10.1. The van der Waals surface area contributed by atoms with E-state index in [1.54, 1.807) is 24.3 Å². The third kappa shape index (κ3) is 2.75. The molecule has 0 saturated carbocycles. The summed E-state index contributed by atoms with van der Waals surface area (Å²) in [6, 6.07) is 11.6. The molecule has 0 spiro atoms. The number of hydrogen-bond acceptors (Lipinski definition) is 5. The topological polar surface area (TPSA) is 90.0 Å². The standard InChI is InChI=1S/C16H10N2O3.Li/c1-9-6-10(8-17)7-13-14(9)21-15(18-13)11-2-4-12(5-3-11)16(19)20;/h2-7H,1H3,(H,19,20);/q;+1/p-1. The number of carboxylic acid groups (broad SMARTS) is 1. The molecule has 0 radical (unpaired) electrons. The van der Waals surface area contributed by atoms with E-state index < -0.39 is 5.97 Å². The molecule has 5 nitrogen and oxygen atoms in total. The van der Waals surface area contributed by atoms with Crippen LogP contribution < -0.4 is 24.0 Å². The van der Waals surface area contributed by atoms with Gasteiger partial charge in [-0.2, -0.15) is 5.26 Å². The van der Waals surface area contributed by atoms with E-state index in [-0.39, 0.29) is 24.4 Å². The molecule has 6 heteroatoms. The van der Waals surface area contributed by atoms with Crippen LogP contribution in [0, 0.1) is 18.3 Å². The van der Waals surface area contributed by atoms with Crippen molar-refractivity contribution in [3.05, 3.63) is 53.1 Å². The molecule has 0 amide bonds. The fourth-order valence-corrected chi connectivity index (χ4v) is 2.14. The molecule has 0 fully saturated rings. The van der Waals surface area contributed by atoms with E-state index in [1.807, 2.05) is 6.92 Å². The zero-order valence-electron chi connectivity index (χ0n) is 12.1. The van der Waals surface area contributed by atoms with Crippen molar-refractivity contribution in [1.82, 2.24) is 4.98 Å². The molecule has 2 aromatic carbocycles. The van der Waals surface area contributed by atoms with Crippen LogP contribution in [0.15, 0.2) is 40.8 Å². The van der Waals surface area contributed by atoms with E-state index in [1.165, 1.54) is 12.1 Å². The minimum atomic E-state index is -1.23. The number of rotatable bonds is 2. The Morgan fingerprint density at radius 3 is 2.55 bits per heavy atom. The maximum absolute atomic E-state index is 10.7. The zero-order chi connectivity index (χ0) is 15.0. The monoisotopic (exact) mass is 284 g/mol. The van der Waals surface area contributed by atoms with Crippen LogP contribution in [-0.2, 0) is 0 Å². The number of nitrogens with zero attached hydrogens (tertiary/aromatic N) is 2. The van der Waals surface area contributed by atoms with Crippen molar-refractivity contribution < 1.29 is 33.2 Å². The molecule has 0 N–H and O–H groups in total. The number of oxazole rings is 1. The number of nitriles is 1. The van der Waals surface area contributed by atoms with Gasteiger partial charge in [-0.25, -0.2) is 4.98 Å². The van der Waals surface area contributed by atoms with Gasteiger partial charge in [0.15, 0.2) is 5.58 Å². The summed E-state index contributed by atoms with van der Waals surface area (Å²) in [6.07, 6.45) is 0. The Labute approximate surface area is 138 Å². The van der Waals surface area contributed by atoms with Crippen molar-refractivity contribution in [3.8, 4) is 17.5 Å². The molecule has 0 saturated heterocycles. The van der Waals surface area contributed by atoms with Gasteiger partial charge in [-0.1, -0.05) is 12.1 Å². The molecule has 0 aliphatic carbocycles. The third-order valence-electron chi connectivity index (χ3n) is 3.17. The van der Waals surface area contributed by atoms with Crippen molar-refractivity contribution in [2.24, 2.45) is 0 Å². The molecule has 0 aliphatic heterocycles. The molecule has 1 heterocycles. The summed E-state index contributed by atoms with van der Waals surface area (Å²) in [6.45, 7) is 1.84. The van der Waals surface area contributed by atoms with Crippen LogP contribution in [0.4, 0.5) is 0 Å². The van der Waals surface area contributed by atoms with Gasteiger partial charge in [0.2, 0.25) is 5.89 Å². The van der Waals surface area contributed by atoms with Gasteiger partial charge < -0.3 is 14.3 Å². The molecule has 3 aromatic rings. The molecular formula is C16H9LiN2O3. The van der Waals surface area contributed by atoms with Crippen LogP contribution in [0.25, 0.3) is 22.6 Å². The Kier molecular flexibility index (Phi) is 4.37. The number of fused-ring (bicyclic) bond motifs is 1. The van der Waals surface area contributed by atoms with Crippen molar-refractivity contribution in [2.45, 2.75) is 6.92 Å². The van der Waals surface area contributed by atoms with Crippen LogP contribution in [-0.4, -0.2) is 11.0 Å². The molecular weight excluding hydrogens is 275 g/mol. The van der Waals surface area contributed by atoms with Crippen molar-refractivity contribution in [1.29, 1.82) is 5.26 Å². The number of carbonyl (C=O) groups excluding carboxylic acids is 1. The van der Waals surface area contributed by atoms with Gasteiger partial charge in [-0.15, -0.1) is 0 Å². The summed E-state index contributed by atoms with van der Waals surface area (Å²) in [5.41, 5.74) is 3.33. The fourth-order valence-electron chi connectivity index (χ4n) is 2.14. The van der Waals surface area contributed by atoms with Gasteiger partial charge in [0, 0.05) is 5.56 Å². The molecule has 1 aromatic heterocycles. The average molecular weight is 284 g/mol. The molecule has 0 atom stereocenters. The first-order valence-corrected chi connectivity index (χ1v) is 6.21. The van der Waals surface area contributed by atoms with Crippen molar-refractivity contribution in [3.63, 3.8) is 0 Å². The second kappa shape index (κ2) is 6.07. The normalized spacial score (nSPS) is 10.0. The van der Waals surface area contributed by atoms with Crippen LogP contribution in [0.3, 0.4) is 0 Å². The van der Waals surface area contributed by atoms with E-state index in [2.05, 4.69) is 11.1 Å². The van der Waals surface area contributed by atoms with Crippen LogP contribution in [0.5, 0.6) is 0 Å². The predicted octanol–water partition coefficient (Wildman–Crippen LogP) is -0.958. The summed E-state index contributed by atoms with van der Waals surface area (Å²) in [5.74, 6) is -0.846. The fraction of sp³-hybridized carbons (Fsp3) is 0.0625.